The van der Waals surface area contributed by atoms with Gasteiger partial charge in [-0.05, 0) is 38.1 Å². The zero-order valence-corrected chi connectivity index (χ0v) is 15.4. The van der Waals surface area contributed by atoms with Gasteiger partial charge in [0.05, 0.1) is 20.3 Å². The van der Waals surface area contributed by atoms with Crippen LogP contribution in [-0.4, -0.2) is 26.2 Å². The SMILES string of the molecule is CCOP(=O)(OCC)C(NC(=O)c1ccc(OC)cc1)=C(Cl)Cl. The molecule has 1 rings (SSSR count). The summed E-state index contributed by atoms with van der Waals surface area (Å²) in [5, 5.41) is 2.40. The molecule has 1 N–H and O–H groups in total. The van der Waals surface area contributed by atoms with Crippen LogP contribution in [-0.2, 0) is 13.6 Å². The lowest BCUT2D eigenvalue weighted by Gasteiger charge is -2.20. The van der Waals surface area contributed by atoms with Gasteiger partial charge in [0, 0.05) is 5.56 Å². The summed E-state index contributed by atoms with van der Waals surface area (Å²) in [6.07, 6.45) is 0. The van der Waals surface area contributed by atoms with Crippen LogP contribution in [0.15, 0.2) is 34.2 Å². The molecule has 9 heteroatoms. The topological polar surface area (TPSA) is 73.9 Å². The first-order valence-electron chi connectivity index (χ1n) is 6.78. The van der Waals surface area contributed by atoms with Crippen LogP contribution in [0.4, 0.5) is 0 Å². The molecule has 1 aromatic rings. The predicted molar refractivity (Wildman–Crippen MR) is 90.1 cm³/mol. The lowest BCUT2D eigenvalue weighted by atomic mass is 10.2. The monoisotopic (exact) mass is 381 g/mol. The number of amides is 1. The molecule has 1 aromatic carbocycles. The molecule has 0 bridgehead atoms. The van der Waals surface area contributed by atoms with E-state index in [1.807, 2.05) is 0 Å². The Kier molecular flexibility index (Phi) is 8.09. The van der Waals surface area contributed by atoms with E-state index in [2.05, 4.69) is 5.32 Å². The number of hydrogen-bond donors (Lipinski definition) is 1. The summed E-state index contributed by atoms with van der Waals surface area (Å²) >= 11 is 11.5. The molecule has 0 atom stereocenters. The second-order valence-corrected chi connectivity index (χ2v) is 7.03. The van der Waals surface area contributed by atoms with E-state index in [9.17, 15) is 9.36 Å². The molecular weight excluding hydrogens is 364 g/mol. The van der Waals surface area contributed by atoms with Crippen LogP contribution in [0.1, 0.15) is 24.2 Å². The predicted octanol–water partition coefficient (Wildman–Crippen LogP) is 4.30. The molecule has 6 nitrogen and oxygen atoms in total. The smallest absolute Gasteiger partial charge is 0.379 e. The molecule has 1 amide bonds. The third kappa shape index (κ3) is 5.52. The van der Waals surface area contributed by atoms with E-state index in [-0.39, 0.29) is 18.7 Å². The van der Waals surface area contributed by atoms with Crippen molar-refractivity contribution < 1.29 is 23.1 Å². The van der Waals surface area contributed by atoms with Crippen molar-refractivity contribution in [1.29, 1.82) is 0 Å². The van der Waals surface area contributed by atoms with Gasteiger partial charge in [0.15, 0.2) is 5.44 Å². The minimum Gasteiger partial charge on any atom is -0.497 e. The Bertz CT molecular complexity index is 604. The number of halogens is 2. The van der Waals surface area contributed by atoms with Crippen molar-refractivity contribution in [2.24, 2.45) is 0 Å². The highest BCUT2D eigenvalue weighted by atomic mass is 35.5. The molecule has 0 radical (unpaired) electrons. The van der Waals surface area contributed by atoms with E-state index in [1.165, 1.54) is 7.11 Å². The Labute approximate surface area is 145 Å². The van der Waals surface area contributed by atoms with Crippen LogP contribution < -0.4 is 10.1 Å². The maximum atomic E-state index is 12.7. The highest BCUT2D eigenvalue weighted by molar-refractivity contribution is 7.58. The van der Waals surface area contributed by atoms with E-state index in [4.69, 9.17) is 37.0 Å². The molecule has 0 saturated heterocycles. The number of carbonyl (C=O) groups is 1. The van der Waals surface area contributed by atoms with Crippen molar-refractivity contribution in [2.45, 2.75) is 13.8 Å². The Hall–Kier alpha value is -1.04. The molecule has 23 heavy (non-hydrogen) atoms. The van der Waals surface area contributed by atoms with Crippen molar-refractivity contribution in [3.05, 3.63) is 39.8 Å². The van der Waals surface area contributed by atoms with Crippen molar-refractivity contribution in [3.8, 4) is 5.75 Å². The number of hydrogen-bond acceptors (Lipinski definition) is 5. The Balaban J connectivity index is 3.05. The first kappa shape index (κ1) is 20.0. The van der Waals surface area contributed by atoms with Gasteiger partial charge in [-0.1, -0.05) is 23.2 Å². The molecule has 0 aliphatic rings. The van der Waals surface area contributed by atoms with E-state index in [1.54, 1.807) is 38.1 Å². The first-order chi connectivity index (χ1) is 10.9. The molecule has 0 saturated carbocycles. The van der Waals surface area contributed by atoms with E-state index >= 15 is 0 Å². The van der Waals surface area contributed by atoms with Gasteiger partial charge < -0.3 is 19.1 Å². The number of ether oxygens (including phenoxy) is 1. The lowest BCUT2D eigenvalue weighted by Crippen LogP contribution is -2.24. The van der Waals surface area contributed by atoms with Gasteiger partial charge in [0.25, 0.3) is 5.91 Å². The van der Waals surface area contributed by atoms with Gasteiger partial charge in [-0.15, -0.1) is 0 Å². The van der Waals surface area contributed by atoms with Crippen LogP contribution in [0.5, 0.6) is 5.75 Å². The van der Waals surface area contributed by atoms with E-state index < -0.39 is 18.0 Å². The number of nitrogens with one attached hydrogen (secondary N) is 1. The maximum absolute atomic E-state index is 12.7. The van der Waals surface area contributed by atoms with E-state index in [0.717, 1.165) is 0 Å². The average molecular weight is 382 g/mol. The number of methoxy groups -OCH3 is 1. The normalized spacial score (nSPS) is 11.0. The minimum absolute atomic E-state index is 0.0975. The molecule has 0 fully saturated rings. The highest BCUT2D eigenvalue weighted by Crippen LogP contribution is 2.56. The molecule has 0 aromatic heterocycles. The largest absolute Gasteiger partial charge is 0.497 e. The second kappa shape index (κ2) is 9.30. The Morgan fingerprint density at radius 1 is 1.13 bits per heavy atom. The number of carbonyl (C=O) groups excluding carboxylic acids is 1. The van der Waals surface area contributed by atoms with Gasteiger partial charge in [-0.3, -0.25) is 9.36 Å². The fourth-order valence-electron chi connectivity index (χ4n) is 1.65. The molecule has 0 unspecified atom stereocenters. The maximum Gasteiger partial charge on any atom is 0.379 e. The van der Waals surface area contributed by atoms with Gasteiger partial charge in [0.1, 0.15) is 10.2 Å². The van der Waals surface area contributed by atoms with Gasteiger partial charge in [-0.2, -0.15) is 0 Å². The van der Waals surface area contributed by atoms with Gasteiger partial charge in [-0.25, -0.2) is 0 Å². The summed E-state index contributed by atoms with van der Waals surface area (Å²) in [6, 6.07) is 6.32. The molecule has 0 spiro atoms. The fourth-order valence-corrected chi connectivity index (χ4v) is 3.82. The third-order valence-corrected chi connectivity index (χ3v) is 5.36. The summed E-state index contributed by atoms with van der Waals surface area (Å²) in [5.74, 6) is 0.0445. The fraction of sp³-hybridized carbons (Fsp3) is 0.357. The van der Waals surface area contributed by atoms with Crippen molar-refractivity contribution in [2.75, 3.05) is 20.3 Å². The summed E-state index contributed by atoms with van der Waals surface area (Å²) in [7, 11) is -2.30. The van der Waals surface area contributed by atoms with Crippen molar-refractivity contribution in [3.63, 3.8) is 0 Å². The third-order valence-electron chi connectivity index (χ3n) is 2.64. The van der Waals surface area contributed by atoms with Gasteiger partial charge >= 0.3 is 7.60 Å². The van der Waals surface area contributed by atoms with Crippen molar-refractivity contribution >= 4 is 36.7 Å². The summed E-state index contributed by atoms with van der Waals surface area (Å²) in [4.78, 5) is 12.3. The van der Waals surface area contributed by atoms with Crippen LogP contribution >= 0.6 is 30.8 Å². The Morgan fingerprint density at radius 2 is 1.65 bits per heavy atom. The minimum atomic E-state index is -3.82. The molecule has 0 aliphatic carbocycles. The number of benzene rings is 1. The average Bonchev–Trinajstić information content (AvgIpc) is 2.52. The zero-order valence-electron chi connectivity index (χ0n) is 13.0. The standard InChI is InChI=1S/C14H18Cl2NO5P/c1-4-21-23(19,22-5-2)14(12(15)16)17-13(18)10-6-8-11(20-3)9-7-10/h6-9H,4-5H2,1-3H3,(H,17,18). The summed E-state index contributed by atoms with van der Waals surface area (Å²) < 4.78 is 27.6. The summed E-state index contributed by atoms with van der Waals surface area (Å²) in [6.45, 7) is 3.47. The van der Waals surface area contributed by atoms with Crippen LogP contribution in [0.2, 0.25) is 0 Å². The van der Waals surface area contributed by atoms with Gasteiger partial charge in [0.2, 0.25) is 0 Å². The lowest BCUT2D eigenvalue weighted by molar-refractivity contribution is 0.0964. The first-order valence-corrected chi connectivity index (χ1v) is 9.08. The van der Waals surface area contributed by atoms with E-state index in [0.29, 0.717) is 11.3 Å². The molecule has 0 heterocycles. The molecule has 128 valence electrons. The molecule has 0 aliphatic heterocycles. The van der Waals surface area contributed by atoms with Crippen LogP contribution in [0.3, 0.4) is 0 Å². The molecular formula is C14H18Cl2NO5P. The quantitative estimate of drug-likeness (QED) is 0.679. The summed E-state index contributed by atoms with van der Waals surface area (Å²) in [5.41, 5.74) is 0.0165. The van der Waals surface area contributed by atoms with Crippen molar-refractivity contribution in [1.82, 2.24) is 5.32 Å². The second-order valence-electron chi connectivity index (χ2n) is 4.12. The zero-order chi connectivity index (χ0) is 17.5. The highest BCUT2D eigenvalue weighted by Gasteiger charge is 2.34. The Morgan fingerprint density at radius 3 is 2.04 bits per heavy atom. The van der Waals surface area contributed by atoms with Crippen LogP contribution in [0, 0.1) is 0 Å². The number of rotatable bonds is 8. The van der Waals surface area contributed by atoms with Crippen LogP contribution in [0.25, 0.3) is 0 Å².